The molecule has 0 amide bonds. The molecule has 1 unspecified atom stereocenters. The molecule has 10 heteroatoms. The lowest BCUT2D eigenvalue weighted by Crippen LogP contribution is -2.31. The van der Waals surface area contributed by atoms with E-state index in [9.17, 15) is 14.5 Å². The molecular formula is C17H14FN5O4. The van der Waals surface area contributed by atoms with E-state index < -0.39 is 4.92 Å². The summed E-state index contributed by atoms with van der Waals surface area (Å²) >= 11 is 0. The van der Waals surface area contributed by atoms with Gasteiger partial charge in [0, 0.05) is 23.5 Å². The summed E-state index contributed by atoms with van der Waals surface area (Å²) in [4.78, 5) is 22.5. The Morgan fingerprint density at radius 3 is 2.81 bits per heavy atom. The molecule has 0 saturated heterocycles. The molecule has 138 valence electrons. The second-order valence-electron chi connectivity index (χ2n) is 5.92. The van der Waals surface area contributed by atoms with Gasteiger partial charge < -0.3 is 19.6 Å². The van der Waals surface area contributed by atoms with Crippen molar-refractivity contribution in [3.8, 4) is 23.1 Å². The third-order valence-electron chi connectivity index (χ3n) is 4.06. The van der Waals surface area contributed by atoms with Gasteiger partial charge in [-0.15, -0.1) is 0 Å². The molecule has 1 aliphatic rings. The van der Waals surface area contributed by atoms with Crippen LogP contribution in [0.2, 0.25) is 0 Å². The highest BCUT2D eigenvalue weighted by atomic mass is 19.1. The normalized spacial score (nSPS) is 15.7. The van der Waals surface area contributed by atoms with E-state index in [1.54, 1.807) is 22.9 Å². The van der Waals surface area contributed by atoms with Crippen LogP contribution in [-0.2, 0) is 6.54 Å². The van der Waals surface area contributed by atoms with E-state index in [0.717, 1.165) is 5.56 Å². The molecule has 0 aliphatic carbocycles. The smallest absolute Gasteiger partial charge is 0.414 e. The molecule has 4 rings (SSSR count). The first-order valence-electron chi connectivity index (χ1n) is 8.17. The lowest BCUT2D eigenvalue weighted by molar-refractivity contribution is -0.389. The Kier molecular flexibility index (Phi) is 4.37. The SMILES string of the molecule is O=[N+]([O-])c1cn2c(n1)OC(COc1cnc(-c3ccc(F)cc3)cn1)CC2. The van der Waals surface area contributed by atoms with E-state index in [0.29, 0.717) is 24.5 Å². The number of nitro groups is 1. The molecule has 0 spiro atoms. The molecule has 0 N–H and O–H groups in total. The van der Waals surface area contributed by atoms with Crippen molar-refractivity contribution in [2.24, 2.45) is 0 Å². The van der Waals surface area contributed by atoms with E-state index in [1.807, 2.05) is 0 Å². The van der Waals surface area contributed by atoms with Crippen LogP contribution < -0.4 is 9.47 Å². The van der Waals surface area contributed by atoms with Crippen LogP contribution in [0.1, 0.15) is 6.42 Å². The highest BCUT2D eigenvalue weighted by Gasteiger charge is 2.28. The minimum Gasteiger partial charge on any atom is -0.473 e. The first kappa shape index (κ1) is 16.9. The van der Waals surface area contributed by atoms with Gasteiger partial charge in [-0.05, 0) is 29.2 Å². The first-order chi connectivity index (χ1) is 13.1. The van der Waals surface area contributed by atoms with Crippen LogP contribution in [0, 0.1) is 15.9 Å². The molecule has 27 heavy (non-hydrogen) atoms. The van der Waals surface area contributed by atoms with E-state index >= 15 is 0 Å². The molecular weight excluding hydrogens is 357 g/mol. The summed E-state index contributed by atoms with van der Waals surface area (Å²) in [6, 6.07) is 6.17. The summed E-state index contributed by atoms with van der Waals surface area (Å²) in [7, 11) is 0. The van der Waals surface area contributed by atoms with Crippen LogP contribution >= 0.6 is 0 Å². The van der Waals surface area contributed by atoms with Gasteiger partial charge in [0.25, 0.3) is 0 Å². The Hall–Kier alpha value is -3.56. The Labute approximate surface area is 152 Å². The number of aryl methyl sites for hydroxylation is 1. The Bertz CT molecular complexity index is 958. The largest absolute Gasteiger partial charge is 0.473 e. The van der Waals surface area contributed by atoms with E-state index in [1.165, 1.54) is 24.5 Å². The van der Waals surface area contributed by atoms with Gasteiger partial charge in [-0.3, -0.25) is 4.57 Å². The van der Waals surface area contributed by atoms with Gasteiger partial charge in [-0.2, -0.15) is 0 Å². The van der Waals surface area contributed by atoms with Crippen LogP contribution in [0.5, 0.6) is 11.9 Å². The quantitative estimate of drug-likeness (QED) is 0.501. The zero-order valence-electron chi connectivity index (χ0n) is 14.0. The first-order valence-corrected chi connectivity index (χ1v) is 8.17. The standard InChI is InChI=1S/C17H14FN5O4/c18-12-3-1-11(2-4-12)14-7-20-16(8-19-14)26-10-13-5-6-22-9-15(23(24)25)21-17(22)27-13/h1-4,7-9,13H,5-6,10H2. The van der Waals surface area contributed by atoms with Crippen LogP contribution in [0.4, 0.5) is 10.2 Å². The Morgan fingerprint density at radius 1 is 1.30 bits per heavy atom. The molecule has 0 radical (unpaired) electrons. The molecule has 0 saturated carbocycles. The van der Waals surface area contributed by atoms with E-state index in [2.05, 4.69) is 15.0 Å². The molecule has 0 bridgehead atoms. The second kappa shape index (κ2) is 6.98. The number of nitrogens with zero attached hydrogens (tertiary/aromatic N) is 5. The van der Waals surface area contributed by atoms with Crippen molar-refractivity contribution < 1.29 is 18.8 Å². The van der Waals surface area contributed by atoms with Gasteiger partial charge in [0.15, 0.2) is 0 Å². The van der Waals surface area contributed by atoms with Crippen LogP contribution in [0.15, 0.2) is 42.9 Å². The number of hydrogen-bond donors (Lipinski definition) is 0. The zero-order chi connectivity index (χ0) is 18.8. The van der Waals surface area contributed by atoms with Crippen molar-refractivity contribution >= 4 is 5.82 Å². The average Bonchev–Trinajstić information content (AvgIpc) is 3.11. The molecule has 2 aromatic heterocycles. The van der Waals surface area contributed by atoms with Crippen molar-refractivity contribution in [1.82, 2.24) is 19.5 Å². The van der Waals surface area contributed by atoms with Gasteiger partial charge in [0.2, 0.25) is 5.88 Å². The van der Waals surface area contributed by atoms with Crippen molar-refractivity contribution in [2.75, 3.05) is 6.61 Å². The molecule has 0 fully saturated rings. The third kappa shape index (κ3) is 3.68. The number of aromatic nitrogens is 4. The number of fused-ring (bicyclic) bond motifs is 1. The lowest BCUT2D eigenvalue weighted by atomic mass is 10.2. The monoisotopic (exact) mass is 371 g/mol. The van der Waals surface area contributed by atoms with Crippen LogP contribution in [0.3, 0.4) is 0 Å². The molecule has 3 aromatic rings. The number of hydrogen-bond acceptors (Lipinski definition) is 7. The van der Waals surface area contributed by atoms with Gasteiger partial charge in [-0.1, -0.05) is 0 Å². The summed E-state index contributed by atoms with van der Waals surface area (Å²) in [6.45, 7) is 0.768. The van der Waals surface area contributed by atoms with Gasteiger partial charge in [0.1, 0.15) is 24.7 Å². The fraction of sp³-hybridized carbons (Fsp3) is 0.235. The maximum atomic E-state index is 13.0. The highest BCUT2D eigenvalue weighted by Crippen LogP contribution is 2.24. The van der Waals surface area contributed by atoms with Gasteiger partial charge in [-0.25, -0.2) is 14.4 Å². The number of benzene rings is 1. The highest BCUT2D eigenvalue weighted by molar-refractivity contribution is 5.57. The molecule has 1 aromatic carbocycles. The summed E-state index contributed by atoms with van der Waals surface area (Å²) in [6.07, 6.45) is 4.71. The number of imidazole rings is 1. The maximum Gasteiger partial charge on any atom is 0.414 e. The maximum absolute atomic E-state index is 13.0. The fourth-order valence-corrected chi connectivity index (χ4v) is 2.68. The van der Waals surface area contributed by atoms with Crippen molar-refractivity contribution in [3.63, 3.8) is 0 Å². The molecule has 1 atom stereocenters. The molecule has 9 nitrogen and oxygen atoms in total. The van der Waals surface area contributed by atoms with Crippen molar-refractivity contribution in [3.05, 3.63) is 58.8 Å². The summed E-state index contributed by atoms with van der Waals surface area (Å²) in [5.74, 6) is -0.233. The van der Waals surface area contributed by atoms with Crippen LogP contribution in [0.25, 0.3) is 11.3 Å². The number of ether oxygens (including phenoxy) is 2. The minimum absolute atomic E-state index is 0.208. The average molecular weight is 371 g/mol. The second-order valence-corrected chi connectivity index (χ2v) is 5.92. The fourth-order valence-electron chi connectivity index (χ4n) is 2.68. The number of rotatable bonds is 5. The van der Waals surface area contributed by atoms with E-state index in [-0.39, 0.29) is 30.4 Å². The van der Waals surface area contributed by atoms with Gasteiger partial charge >= 0.3 is 11.8 Å². The molecule has 1 aliphatic heterocycles. The predicted molar refractivity (Wildman–Crippen MR) is 90.8 cm³/mol. The minimum atomic E-state index is -0.557. The van der Waals surface area contributed by atoms with Crippen molar-refractivity contribution in [2.45, 2.75) is 19.1 Å². The van der Waals surface area contributed by atoms with Crippen molar-refractivity contribution in [1.29, 1.82) is 0 Å². The van der Waals surface area contributed by atoms with Crippen LogP contribution in [-0.4, -0.2) is 37.2 Å². The third-order valence-corrected chi connectivity index (χ3v) is 4.06. The molecule has 3 heterocycles. The topological polar surface area (TPSA) is 105 Å². The zero-order valence-corrected chi connectivity index (χ0v) is 14.0. The Balaban J connectivity index is 1.36. The summed E-state index contributed by atoms with van der Waals surface area (Å²) in [5.41, 5.74) is 1.35. The number of halogens is 1. The van der Waals surface area contributed by atoms with Gasteiger partial charge in [0.05, 0.1) is 18.1 Å². The van der Waals surface area contributed by atoms with E-state index in [4.69, 9.17) is 9.47 Å². The lowest BCUT2D eigenvalue weighted by Gasteiger charge is -2.21. The summed E-state index contributed by atoms with van der Waals surface area (Å²) in [5, 5.41) is 10.8. The Morgan fingerprint density at radius 2 is 2.11 bits per heavy atom. The summed E-state index contributed by atoms with van der Waals surface area (Å²) < 4.78 is 25.8. The predicted octanol–water partition coefficient (Wildman–Crippen LogP) is 2.62.